The average molecular weight is 446 g/mol. The minimum Gasteiger partial charge on any atom is -0.465 e. The molecule has 1 unspecified atom stereocenters. The van der Waals surface area contributed by atoms with Crippen molar-refractivity contribution >= 4 is 27.6 Å². The van der Waals surface area contributed by atoms with Gasteiger partial charge in [-0.15, -0.1) is 0 Å². The highest BCUT2D eigenvalue weighted by molar-refractivity contribution is 9.10. The highest BCUT2D eigenvalue weighted by atomic mass is 79.9. The first-order valence-electron chi connectivity index (χ1n) is 9.78. The van der Waals surface area contributed by atoms with Crippen LogP contribution in [0.2, 0.25) is 0 Å². The molecule has 2 aromatic carbocycles. The minimum atomic E-state index is -0.640. The third-order valence-corrected chi connectivity index (χ3v) is 5.53. The Morgan fingerprint density at radius 3 is 2.54 bits per heavy atom. The monoisotopic (exact) mass is 445 g/mol. The van der Waals surface area contributed by atoms with Crippen molar-refractivity contribution in [2.75, 3.05) is 37.7 Å². The Morgan fingerprint density at radius 1 is 1.14 bits per heavy atom. The lowest BCUT2D eigenvalue weighted by Gasteiger charge is -2.37. The maximum absolute atomic E-state index is 11.9. The van der Waals surface area contributed by atoms with Crippen LogP contribution in [0.5, 0.6) is 0 Å². The number of carbonyl (C=O) groups excluding carboxylic acids is 1. The van der Waals surface area contributed by atoms with E-state index in [1.165, 1.54) is 5.56 Å². The van der Waals surface area contributed by atoms with Gasteiger partial charge in [-0.3, -0.25) is 9.69 Å². The number of nitrogens with zero attached hydrogens (tertiary/aromatic N) is 2. The number of hydrogen-bond acceptors (Lipinski definition) is 5. The smallest absolute Gasteiger partial charge is 0.323 e. The van der Waals surface area contributed by atoms with Crippen LogP contribution in [0.3, 0.4) is 0 Å². The molecule has 3 rings (SSSR count). The van der Waals surface area contributed by atoms with Crippen molar-refractivity contribution in [3.05, 3.63) is 64.1 Å². The summed E-state index contributed by atoms with van der Waals surface area (Å²) in [5.41, 5.74) is 9.64. The fourth-order valence-corrected chi connectivity index (χ4v) is 3.91. The summed E-state index contributed by atoms with van der Waals surface area (Å²) < 4.78 is 6.09. The van der Waals surface area contributed by atoms with Crippen molar-refractivity contribution < 1.29 is 9.53 Å². The summed E-state index contributed by atoms with van der Waals surface area (Å²) >= 11 is 3.58. The van der Waals surface area contributed by atoms with E-state index in [2.05, 4.69) is 68.2 Å². The molecule has 0 spiro atoms. The Labute approximate surface area is 175 Å². The van der Waals surface area contributed by atoms with E-state index in [1.807, 2.05) is 6.07 Å². The number of anilines is 1. The number of esters is 1. The summed E-state index contributed by atoms with van der Waals surface area (Å²) in [6.07, 6.45) is 0.478. The maximum Gasteiger partial charge on any atom is 0.323 e. The normalized spacial score (nSPS) is 16.0. The van der Waals surface area contributed by atoms with Gasteiger partial charge in [-0.05, 0) is 30.2 Å². The molecule has 5 nitrogen and oxygen atoms in total. The molecule has 1 saturated heterocycles. The van der Waals surface area contributed by atoms with Crippen molar-refractivity contribution in [3.63, 3.8) is 0 Å². The first kappa shape index (κ1) is 20.8. The molecule has 1 aliphatic heterocycles. The van der Waals surface area contributed by atoms with Crippen molar-refractivity contribution in [1.82, 2.24) is 4.90 Å². The Kier molecular flexibility index (Phi) is 7.48. The zero-order valence-electron chi connectivity index (χ0n) is 16.3. The molecule has 0 bridgehead atoms. The van der Waals surface area contributed by atoms with E-state index in [0.29, 0.717) is 13.0 Å². The van der Waals surface area contributed by atoms with Gasteiger partial charge in [-0.1, -0.05) is 52.3 Å². The van der Waals surface area contributed by atoms with E-state index in [1.54, 1.807) is 6.92 Å². The van der Waals surface area contributed by atoms with E-state index >= 15 is 0 Å². The molecule has 6 heteroatoms. The SMILES string of the molecule is CCOC(=O)C(N)Cc1ccc(Br)cc1N1CCN(Cc2ccccc2)CC1. The van der Waals surface area contributed by atoms with Crippen LogP contribution in [0.1, 0.15) is 18.1 Å². The van der Waals surface area contributed by atoms with Gasteiger partial charge in [-0.25, -0.2) is 0 Å². The van der Waals surface area contributed by atoms with Gasteiger partial charge in [0.05, 0.1) is 6.61 Å². The second-order valence-corrected chi connectivity index (χ2v) is 8.00. The fourth-order valence-electron chi connectivity index (χ4n) is 3.56. The van der Waals surface area contributed by atoms with Crippen LogP contribution in [0.15, 0.2) is 53.0 Å². The standard InChI is InChI=1S/C22H28BrN3O2/c1-2-28-22(27)20(24)14-18-8-9-19(23)15-21(18)26-12-10-25(11-13-26)16-17-6-4-3-5-7-17/h3-9,15,20H,2,10-14,16,24H2,1H3. The Bertz CT molecular complexity index is 777. The highest BCUT2D eigenvalue weighted by Gasteiger charge is 2.22. The van der Waals surface area contributed by atoms with Gasteiger partial charge < -0.3 is 15.4 Å². The zero-order chi connectivity index (χ0) is 19.9. The summed E-state index contributed by atoms with van der Waals surface area (Å²) in [6, 6.07) is 16.1. The molecular weight excluding hydrogens is 418 g/mol. The van der Waals surface area contributed by atoms with Gasteiger partial charge in [0.2, 0.25) is 0 Å². The molecular formula is C22H28BrN3O2. The van der Waals surface area contributed by atoms with Crippen molar-refractivity contribution in [2.45, 2.75) is 25.9 Å². The third-order valence-electron chi connectivity index (χ3n) is 5.04. The number of piperazine rings is 1. The van der Waals surface area contributed by atoms with Crippen LogP contribution in [0.25, 0.3) is 0 Å². The van der Waals surface area contributed by atoms with E-state index < -0.39 is 6.04 Å². The van der Waals surface area contributed by atoms with Crippen LogP contribution in [0, 0.1) is 0 Å². The molecule has 1 atom stereocenters. The van der Waals surface area contributed by atoms with Gasteiger partial charge in [0, 0.05) is 49.3 Å². The van der Waals surface area contributed by atoms with Crippen LogP contribution in [-0.2, 0) is 22.5 Å². The third kappa shape index (κ3) is 5.56. The summed E-state index contributed by atoms with van der Waals surface area (Å²) in [5, 5.41) is 0. The Balaban J connectivity index is 1.65. The van der Waals surface area contributed by atoms with Crippen molar-refractivity contribution in [3.8, 4) is 0 Å². The van der Waals surface area contributed by atoms with Gasteiger partial charge in [0.1, 0.15) is 6.04 Å². The van der Waals surface area contributed by atoms with E-state index in [4.69, 9.17) is 10.5 Å². The second kappa shape index (κ2) is 10.0. The molecule has 2 N–H and O–H groups in total. The first-order chi connectivity index (χ1) is 13.6. The highest BCUT2D eigenvalue weighted by Crippen LogP contribution is 2.27. The number of nitrogens with two attached hydrogens (primary N) is 1. The lowest BCUT2D eigenvalue weighted by atomic mass is 10.0. The van der Waals surface area contributed by atoms with Crippen LogP contribution in [-0.4, -0.2) is 49.7 Å². The largest absolute Gasteiger partial charge is 0.465 e. The molecule has 2 aromatic rings. The average Bonchev–Trinajstić information content (AvgIpc) is 2.71. The Hall–Kier alpha value is -1.89. The number of halogens is 1. The predicted molar refractivity (Wildman–Crippen MR) is 116 cm³/mol. The number of carbonyl (C=O) groups is 1. The molecule has 28 heavy (non-hydrogen) atoms. The summed E-state index contributed by atoms with van der Waals surface area (Å²) in [4.78, 5) is 16.8. The van der Waals surface area contributed by atoms with Crippen LogP contribution in [0.4, 0.5) is 5.69 Å². The molecule has 1 aliphatic rings. The molecule has 0 amide bonds. The maximum atomic E-state index is 11.9. The first-order valence-corrected chi connectivity index (χ1v) is 10.6. The lowest BCUT2D eigenvalue weighted by molar-refractivity contribution is -0.144. The molecule has 1 heterocycles. The van der Waals surface area contributed by atoms with Gasteiger partial charge >= 0.3 is 5.97 Å². The topological polar surface area (TPSA) is 58.8 Å². The fraction of sp³-hybridized carbons (Fsp3) is 0.409. The quantitative estimate of drug-likeness (QED) is 0.662. The van der Waals surface area contributed by atoms with E-state index in [0.717, 1.165) is 48.4 Å². The zero-order valence-corrected chi connectivity index (χ0v) is 17.9. The Morgan fingerprint density at radius 2 is 1.86 bits per heavy atom. The number of benzene rings is 2. The van der Waals surface area contributed by atoms with Crippen molar-refractivity contribution in [1.29, 1.82) is 0 Å². The summed E-state index contributed by atoms with van der Waals surface area (Å²) in [7, 11) is 0. The molecule has 0 aromatic heterocycles. The minimum absolute atomic E-state index is 0.343. The van der Waals surface area contributed by atoms with Crippen molar-refractivity contribution in [2.24, 2.45) is 5.73 Å². The molecule has 0 saturated carbocycles. The summed E-state index contributed by atoms with van der Waals surface area (Å²) in [6.45, 7) is 7.03. The number of hydrogen-bond donors (Lipinski definition) is 1. The van der Waals surface area contributed by atoms with Gasteiger partial charge in [0.25, 0.3) is 0 Å². The van der Waals surface area contributed by atoms with Crippen LogP contribution >= 0.6 is 15.9 Å². The summed E-state index contributed by atoms with van der Waals surface area (Å²) in [5.74, 6) is -0.343. The molecule has 1 fully saturated rings. The van der Waals surface area contributed by atoms with Gasteiger partial charge in [0.15, 0.2) is 0 Å². The lowest BCUT2D eigenvalue weighted by Crippen LogP contribution is -2.46. The number of ether oxygens (including phenoxy) is 1. The van der Waals surface area contributed by atoms with Gasteiger partial charge in [-0.2, -0.15) is 0 Å². The molecule has 0 aliphatic carbocycles. The van der Waals surface area contributed by atoms with Crippen LogP contribution < -0.4 is 10.6 Å². The second-order valence-electron chi connectivity index (χ2n) is 7.08. The molecule has 0 radical (unpaired) electrons. The predicted octanol–water partition coefficient (Wildman–Crippen LogP) is 3.20. The number of rotatable bonds is 7. The molecule has 150 valence electrons. The van der Waals surface area contributed by atoms with E-state index in [9.17, 15) is 4.79 Å². The van der Waals surface area contributed by atoms with E-state index in [-0.39, 0.29) is 5.97 Å².